The molecule has 0 aromatic carbocycles. The molecule has 2 rings (SSSR count). The second-order valence-electron chi connectivity index (χ2n) is 5.51. The van der Waals surface area contributed by atoms with Gasteiger partial charge in [-0.1, -0.05) is 26.2 Å². The Bertz CT molecular complexity index is 337. The summed E-state index contributed by atoms with van der Waals surface area (Å²) in [7, 11) is 1.96. The van der Waals surface area contributed by atoms with Crippen LogP contribution in [0.5, 0.6) is 0 Å². The van der Waals surface area contributed by atoms with Crippen molar-refractivity contribution in [3.05, 3.63) is 18.0 Å². The van der Waals surface area contributed by atoms with Gasteiger partial charge >= 0.3 is 0 Å². The van der Waals surface area contributed by atoms with Gasteiger partial charge in [-0.25, -0.2) is 0 Å². The summed E-state index contributed by atoms with van der Waals surface area (Å²) in [6.07, 6.45) is 9.52. The summed E-state index contributed by atoms with van der Waals surface area (Å²) in [6.45, 7) is 2.35. The molecule has 0 bridgehead atoms. The molecule has 0 saturated heterocycles. The number of nitrogens with two attached hydrogens (primary N) is 1. The van der Waals surface area contributed by atoms with Gasteiger partial charge in [0.15, 0.2) is 0 Å². The first kappa shape index (κ1) is 11.6. The normalized spacial score (nSPS) is 21.9. The highest BCUT2D eigenvalue weighted by atomic mass is 15.2. The van der Waals surface area contributed by atoms with E-state index in [9.17, 15) is 0 Å². The van der Waals surface area contributed by atoms with E-state index < -0.39 is 0 Å². The van der Waals surface area contributed by atoms with E-state index in [0.717, 1.165) is 12.1 Å². The summed E-state index contributed by atoms with van der Waals surface area (Å²) in [6, 6.07) is 2.33. The van der Waals surface area contributed by atoms with Gasteiger partial charge in [0.2, 0.25) is 0 Å². The monoisotopic (exact) mass is 221 g/mol. The number of aromatic nitrogens is 2. The maximum atomic E-state index is 6.37. The molecule has 1 aromatic rings. The quantitative estimate of drug-likeness (QED) is 0.851. The van der Waals surface area contributed by atoms with E-state index in [-0.39, 0.29) is 6.04 Å². The lowest BCUT2D eigenvalue weighted by atomic mass is 9.70. The fourth-order valence-corrected chi connectivity index (χ4v) is 2.77. The second kappa shape index (κ2) is 4.58. The zero-order valence-electron chi connectivity index (χ0n) is 10.4. The van der Waals surface area contributed by atoms with Crippen LogP contribution in [0.25, 0.3) is 0 Å². The van der Waals surface area contributed by atoms with Gasteiger partial charge in [-0.2, -0.15) is 5.10 Å². The third-order valence-electron chi connectivity index (χ3n) is 4.09. The number of hydrogen-bond donors (Lipinski definition) is 1. The lowest BCUT2D eigenvalue weighted by molar-refractivity contribution is 0.168. The van der Waals surface area contributed by atoms with E-state index in [1.807, 2.05) is 17.9 Å². The Hall–Kier alpha value is -0.830. The maximum absolute atomic E-state index is 6.37. The molecular weight excluding hydrogens is 198 g/mol. The van der Waals surface area contributed by atoms with Crippen LogP contribution in [0.3, 0.4) is 0 Å². The van der Waals surface area contributed by atoms with Crippen LogP contribution < -0.4 is 5.73 Å². The molecule has 0 spiro atoms. The molecule has 1 aliphatic carbocycles. The van der Waals surface area contributed by atoms with Crippen molar-refractivity contribution in [1.29, 1.82) is 0 Å². The van der Waals surface area contributed by atoms with E-state index in [0.29, 0.717) is 5.41 Å². The van der Waals surface area contributed by atoms with Gasteiger partial charge < -0.3 is 5.73 Å². The van der Waals surface area contributed by atoms with E-state index in [4.69, 9.17) is 5.73 Å². The van der Waals surface area contributed by atoms with Crippen molar-refractivity contribution in [3.63, 3.8) is 0 Å². The van der Waals surface area contributed by atoms with Crippen molar-refractivity contribution in [2.24, 2.45) is 18.2 Å². The predicted molar refractivity (Wildman–Crippen MR) is 66.1 cm³/mol. The van der Waals surface area contributed by atoms with Crippen molar-refractivity contribution in [2.45, 2.75) is 51.5 Å². The molecule has 90 valence electrons. The standard InChI is InChI=1S/C13H23N3/c1-13(7-4-3-5-8-13)12(14)10-11-6-9-16(2)15-11/h6,9,12H,3-5,7-8,10,14H2,1-2H3. The highest BCUT2D eigenvalue weighted by Gasteiger charge is 2.33. The van der Waals surface area contributed by atoms with E-state index in [1.54, 1.807) is 0 Å². The average molecular weight is 221 g/mol. The molecule has 0 amide bonds. The Morgan fingerprint density at radius 3 is 2.69 bits per heavy atom. The summed E-state index contributed by atoms with van der Waals surface area (Å²) in [5, 5.41) is 4.41. The molecule has 1 fully saturated rings. The Morgan fingerprint density at radius 1 is 1.44 bits per heavy atom. The van der Waals surface area contributed by atoms with Crippen molar-refractivity contribution >= 4 is 0 Å². The summed E-state index contributed by atoms with van der Waals surface area (Å²) >= 11 is 0. The van der Waals surface area contributed by atoms with Crippen LogP contribution in [0.15, 0.2) is 12.3 Å². The smallest absolute Gasteiger partial charge is 0.0640 e. The molecule has 0 radical (unpaired) electrons. The highest BCUT2D eigenvalue weighted by Crippen LogP contribution is 2.38. The van der Waals surface area contributed by atoms with Crippen molar-refractivity contribution in [3.8, 4) is 0 Å². The Balaban J connectivity index is 1.98. The number of hydrogen-bond acceptors (Lipinski definition) is 2. The van der Waals surface area contributed by atoms with E-state index >= 15 is 0 Å². The topological polar surface area (TPSA) is 43.8 Å². The Kier molecular flexibility index (Phi) is 3.33. The number of rotatable bonds is 3. The largest absolute Gasteiger partial charge is 0.327 e. The van der Waals surface area contributed by atoms with Crippen molar-refractivity contribution in [2.75, 3.05) is 0 Å². The minimum atomic E-state index is 0.252. The fourth-order valence-electron chi connectivity index (χ4n) is 2.77. The van der Waals surface area contributed by atoms with Gasteiger partial charge in [0.1, 0.15) is 0 Å². The van der Waals surface area contributed by atoms with E-state index in [1.165, 1.54) is 32.1 Å². The third kappa shape index (κ3) is 2.46. The molecule has 3 nitrogen and oxygen atoms in total. The molecule has 3 heteroatoms. The van der Waals surface area contributed by atoms with Crippen LogP contribution in [0, 0.1) is 5.41 Å². The minimum absolute atomic E-state index is 0.252. The maximum Gasteiger partial charge on any atom is 0.0640 e. The fraction of sp³-hybridized carbons (Fsp3) is 0.769. The van der Waals surface area contributed by atoms with Gasteiger partial charge in [-0.05, 0) is 24.3 Å². The SMILES string of the molecule is Cn1ccc(CC(N)C2(C)CCCCC2)n1. The zero-order chi connectivity index (χ0) is 11.6. The van der Waals surface area contributed by atoms with Crippen LogP contribution in [0.4, 0.5) is 0 Å². The lowest BCUT2D eigenvalue weighted by Gasteiger charge is -2.38. The molecule has 1 aromatic heterocycles. The van der Waals surface area contributed by atoms with Gasteiger partial charge in [-0.15, -0.1) is 0 Å². The summed E-state index contributed by atoms with van der Waals surface area (Å²) in [5.74, 6) is 0. The van der Waals surface area contributed by atoms with Gasteiger partial charge in [0.25, 0.3) is 0 Å². The van der Waals surface area contributed by atoms with Crippen LogP contribution in [-0.2, 0) is 13.5 Å². The van der Waals surface area contributed by atoms with Crippen LogP contribution in [-0.4, -0.2) is 15.8 Å². The summed E-state index contributed by atoms with van der Waals surface area (Å²) < 4.78 is 1.85. The van der Waals surface area contributed by atoms with Crippen LogP contribution >= 0.6 is 0 Å². The highest BCUT2D eigenvalue weighted by molar-refractivity contribution is 5.04. The molecule has 1 saturated carbocycles. The molecule has 0 aliphatic heterocycles. The van der Waals surface area contributed by atoms with Crippen molar-refractivity contribution < 1.29 is 0 Å². The van der Waals surface area contributed by atoms with Gasteiger partial charge in [-0.3, -0.25) is 4.68 Å². The van der Waals surface area contributed by atoms with Crippen molar-refractivity contribution in [1.82, 2.24) is 9.78 Å². The second-order valence-corrected chi connectivity index (χ2v) is 5.51. The molecule has 1 unspecified atom stereocenters. The van der Waals surface area contributed by atoms with Crippen LogP contribution in [0.2, 0.25) is 0 Å². The molecule has 16 heavy (non-hydrogen) atoms. The molecule has 2 N–H and O–H groups in total. The first-order valence-electron chi connectivity index (χ1n) is 6.34. The van der Waals surface area contributed by atoms with Crippen LogP contribution in [0.1, 0.15) is 44.7 Å². The first-order chi connectivity index (χ1) is 7.60. The Morgan fingerprint density at radius 2 is 2.12 bits per heavy atom. The molecule has 1 atom stereocenters. The molecule has 1 heterocycles. The first-order valence-corrected chi connectivity index (χ1v) is 6.34. The summed E-state index contributed by atoms with van der Waals surface area (Å²) in [5.41, 5.74) is 7.83. The Labute approximate surface area is 98.0 Å². The zero-order valence-corrected chi connectivity index (χ0v) is 10.4. The van der Waals surface area contributed by atoms with Gasteiger partial charge in [0, 0.05) is 25.7 Å². The number of nitrogens with zero attached hydrogens (tertiary/aromatic N) is 2. The third-order valence-corrected chi connectivity index (χ3v) is 4.09. The minimum Gasteiger partial charge on any atom is -0.327 e. The average Bonchev–Trinajstić information content (AvgIpc) is 2.65. The molecule has 1 aliphatic rings. The molecular formula is C13H23N3. The van der Waals surface area contributed by atoms with E-state index in [2.05, 4.69) is 18.1 Å². The predicted octanol–water partition coefficient (Wildman–Crippen LogP) is 2.26. The van der Waals surface area contributed by atoms with Gasteiger partial charge in [0.05, 0.1) is 5.69 Å². The lowest BCUT2D eigenvalue weighted by Crippen LogP contribution is -2.42. The summed E-state index contributed by atoms with van der Waals surface area (Å²) in [4.78, 5) is 0. The number of aryl methyl sites for hydroxylation is 1.